The summed E-state index contributed by atoms with van der Waals surface area (Å²) in [4.78, 5) is 28.8. The van der Waals surface area contributed by atoms with E-state index in [2.05, 4.69) is 20.8 Å². The Hall–Kier alpha value is -2.35. The number of hydrogen-bond acceptors (Lipinski definition) is 6. The van der Waals surface area contributed by atoms with E-state index in [9.17, 15) is 9.59 Å². The van der Waals surface area contributed by atoms with Crippen LogP contribution < -0.4 is 10.6 Å². The molecule has 1 aliphatic rings. The number of nitrogens with one attached hydrogen (secondary N) is 2. The minimum absolute atomic E-state index is 0.117. The maximum Gasteiger partial charge on any atom is 0.249 e. The van der Waals surface area contributed by atoms with Crippen LogP contribution >= 0.6 is 11.8 Å². The summed E-state index contributed by atoms with van der Waals surface area (Å²) < 4.78 is 5.36. The fourth-order valence-corrected chi connectivity index (χ4v) is 3.31. The van der Waals surface area contributed by atoms with E-state index < -0.39 is 0 Å². The van der Waals surface area contributed by atoms with E-state index in [-0.39, 0.29) is 35.3 Å². The van der Waals surface area contributed by atoms with E-state index in [0.717, 1.165) is 29.9 Å². The van der Waals surface area contributed by atoms with Crippen LogP contribution in [0.25, 0.3) is 0 Å². The molecule has 0 saturated heterocycles. The van der Waals surface area contributed by atoms with E-state index in [4.69, 9.17) is 4.52 Å². The first kappa shape index (κ1) is 20.4. The van der Waals surface area contributed by atoms with E-state index in [1.165, 1.54) is 11.8 Å². The summed E-state index contributed by atoms with van der Waals surface area (Å²) >= 11 is 1.27. The van der Waals surface area contributed by atoms with Crippen LogP contribution in [0.15, 0.2) is 28.8 Å². The van der Waals surface area contributed by atoms with Gasteiger partial charge in [-0.3, -0.25) is 9.59 Å². The molecule has 1 heterocycles. The molecule has 150 valence electrons. The average Bonchev–Trinajstić information content (AvgIpc) is 3.39. The number of aromatic nitrogens is 2. The number of benzene rings is 1. The second-order valence-electron chi connectivity index (χ2n) is 7.46. The van der Waals surface area contributed by atoms with Crippen LogP contribution in [0, 0.1) is 12.8 Å². The monoisotopic (exact) mass is 402 g/mol. The molecule has 0 aliphatic heterocycles. The minimum atomic E-state index is -0.325. The van der Waals surface area contributed by atoms with E-state index in [1.54, 1.807) is 0 Å². The first-order valence-corrected chi connectivity index (χ1v) is 10.6. The normalized spacial score (nSPS) is 14.7. The number of aryl methyl sites for hydroxylation is 1. The van der Waals surface area contributed by atoms with E-state index >= 15 is 0 Å². The molecule has 1 saturated carbocycles. The van der Waals surface area contributed by atoms with Crippen LogP contribution in [0.1, 0.15) is 55.9 Å². The quantitative estimate of drug-likeness (QED) is 0.667. The highest BCUT2D eigenvalue weighted by molar-refractivity contribution is 8.00. The molecule has 2 N–H and O–H groups in total. The molecule has 8 heteroatoms. The number of anilines is 1. The van der Waals surface area contributed by atoms with Crippen LogP contribution in [0.2, 0.25) is 0 Å². The van der Waals surface area contributed by atoms with Crippen molar-refractivity contribution in [2.75, 3.05) is 16.8 Å². The fourth-order valence-electron chi connectivity index (χ4n) is 2.68. The third-order valence-electron chi connectivity index (χ3n) is 4.45. The number of carbonyl (C=O) groups is 2. The number of nitrogens with zero attached hydrogens (tertiary/aromatic N) is 2. The fraction of sp³-hybridized carbons (Fsp3) is 0.500. The Morgan fingerprint density at radius 2 is 1.86 bits per heavy atom. The molecule has 1 aromatic carbocycles. The highest BCUT2D eigenvalue weighted by Crippen LogP contribution is 2.38. The summed E-state index contributed by atoms with van der Waals surface area (Å²) in [5.74, 6) is 1.82. The van der Waals surface area contributed by atoms with Crippen LogP contribution in [0.3, 0.4) is 0 Å². The Labute approximate surface area is 169 Å². The lowest BCUT2D eigenvalue weighted by atomic mass is 10.0. The van der Waals surface area contributed by atoms with Crippen molar-refractivity contribution in [1.29, 1.82) is 0 Å². The van der Waals surface area contributed by atoms with Crippen molar-refractivity contribution in [3.05, 3.63) is 41.5 Å². The molecular formula is C20H26N4O3S. The maximum absolute atomic E-state index is 12.3. The van der Waals surface area contributed by atoms with Crippen LogP contribution in [0.5, 0.6) is 0 Å². The van der Waals surface area contributed by atoms with Crippen LogP contribution in [-0.2, 0) is 9.59 Å². The maximum atomic E-state index is 12.3. The Morgan fingerprint density at radius 3 is 2.50 bits per heavy atom. The molecule has 2 amide bonds. The van der Waals surface area contributed by atoms with Gasteiger partial charge >= 0.3 is 0 Å². The van der Waals surface area contributed by atoms with Crippen LogP contribution in [-0.4, -0.2) is 33.5 Å². The number of thioether (sulfide) groups is 1. The molecule has 0 spiro atoms. The van der Waals surface area contributed by atoms with E-state index in [0.29, 0.717) is 11.8 Å². The molecule has 2 aromatic rings. The van der Waals surface area contributed by atoms with Gasteiger partial charge in [-0.2, -0.15) is 4.98 Å². The molecule has 1 fully saturated rings. The minimum Gasteiger partial charge on any atom is -0.343 e. The molecule has 3 rings (SSSR count). The molecule has 1 aromatic heterocycles. The summed E-state index contributed by atoms with van der Waals surface area (Å²) in [5.41, 5.74) is 1.89. The molecule has 0 radical (unpaired) electrons. The lowest BCUT2D eigenvalue weighted by Crippen LogP contribution is -2.33. The van der Waals surface area contributed by atoms with Crippen molar-refractivity contribution in [3.8, 4) is 0 Å². The standard InChI is InChI=1S/C20H26N4O3S/c1-12(2)18(20-23-19(24-27-20)14-6-7-14)22-17(26)11-28-10-16(25)21-15-8-4-13(3)5-9-15/h4-5,8-9,12,14,18H,6-7,10-11H2,1-3H3,(H,21,25)(H,22,26). The molecule has 1 aliphatic carbocycles. The third-order valence-corrected chi connectivity index (χ3v) is 5.38. The Morgan fingerprint density at radius 1 is 1.18 bits per heavy atom. The average molecular weight is 403 g/mol. The summed E-state index contributed by atoms with van der Waals surface area (Å²) in [5, 5.41) is 9.79. The zero-order valence-corrected chi connectivity index (χ0v) is 17.2. The molecular weight excluding hydrogens is 376 g/mol. The largest absolute Gasteiger partial charge is 0.343 e. The predicted octanol–water partition coefficient (Wildman–Crippen LogP) is 3.44. The van der Waals surface area contributed by atoms with Crippen molar-refractivity contribution in [3.63, 3.8) is 0 Å². The molecule has 0 bridgehead atoms. The summed E-state index contributed by atoms with van der Waals surface area (Å²) in [6, 6.07) is 7.27. The summed E-state index contributed by atoms with van der Waals surface area (Å²) in [7, 11) is 0. The lowest BCUT2D eigenvalue weighted by Gasteiger charge is -2.18. The van der Waals surface area contributed by atoms with Gasteiger partial charge in [0.2, 0.25) is 17.7 Å². The van der Waals surface area contributed by atoms with Gasteiger partial charge in [0, 0.05) is 11.6 Å². The highest BCUT2D eigenvalue weighted by atomic mass is 32.2. The second-order valence-corrected chi connectivity index (χ2v) is 8.45. The van der Waals surface area contributed by atoms with Gasteiger partial charge in [0.15, 0.2) is 5.82 Å². The zero-order chi connectivity index (χ0) is 20.1. The first-order chi connectivity index (χ1) is 13.4. The summed E-state index contributed by atoms with van der Waals surface area (Å²) in [6.07, 6.45) is 2.19. The predicted molar refractivity (Wildman–Crippen MR) is 109 cm³/mol. The van der Waals surface area contributed by atoms with Crippen molar-refractivity contribution < 1.29 is 14.1 Å². The molecule has 1 atom stereocenters. The molecule has 28 heavy (non-hydrogen) atoms. The Kier molecular flexibility index (Phi) is 6.72. The van der Waals surface area contributed by atoms with Gasteiger partial charge in [0.05, 0.1) is 11.5 Å². The van der Waals surface area contributed by atoms with Gasteiger partial charge in [0.1, 0.15) is 6.04 Å². The Bertz CT molecular complexity index is 815. The lowest BCUT2D eigenvalue weighted by molar-refractivity contribution is -0.119. The molecule has 7 nitrogen and oxygen atoms in total. The highest BCUT2D eigenvalue weighted by Gasteiger charge is 2.31. The van der Waals surface area contributed by atoms with Crippen molar-refractivity contribution in [1.82, 2.24) is 15.5 Å². The number of hydrogen-bond donors (Lipinski definition) is 2. The van der Waals surface area contributed by atoms with Gasteiger partial charge in [-0.05, 0) is 37.8 Å². The van der Waals surface area contributed by atoms with Crippen molar-refractivity contribution in [2.45, 2.75) is 45.6 Å². The van der Waals surface area contributed by atoms with Crippen LogP contribution in [0.4, 0.5) is 5.69 Å². The van der Waals surface area contributed by atoms with E-state index in [1.807, 2.05) is 45.0 Å². The van der Waals surface area contributed by atoms with Crippen molar-refractivity contribution >= 4 is 29.3 Å². The topological polar surface area (TPSA) is 97.1 Å². The second kappa shape index (κ2) is 9.23. The van der Waals surface area contributed by atoms with Crippen molar-refractivity contribution in [2.24, 2.45) is 5.92 Å². The number of rotatable bonds is 9. The van der Waals surface area contributed by atoms with Gasteiger partial charge in [-0.15, -0.1) is 11.8 Å². The smallest absolute Gasteiger partial charge is 0.249 e. The third kappa shape index (κ3) is 5.82. The SMILES string of the molecule is Cc1ccc(NC(=O)CSCC(=O)NC(c2nc(C3CC3)no2)C(C)C)cc1. The number of amides is 2. The van der Waals surface area contributed by atoms with Gasteiger partial charge < -0.3 is 15.2 Å². The zero-order valence-electron chi connectivity index (χ0n) is 16.4. The first-order valence-electron chi connectivity index (χ1n) is 9.49. The molecule has 1 unspecified atom stereocenters. The number of carbonyl (C=O) groups excluding carboxylic acids is 2. The van der Waals surface area contributed by atoms with Gasteiger partial charge in [-0.25, -0.2) is 0 Å². The van der Waals surface area contributed by atoms with Gasteiger partial charge in [0.25, 0.3) is 0 Å². The Balaban J connectivity index is 1.43. The summed E-state index contributed by atoms with van der Waals surface area (Å²) in [6.45, 7) is 5.98. The van der Waals surface area contributed by atoms with Gasteiger partial charge in [-0.1, -0.05) is 36.7 Å².